The first-order valence-corrected chi connectivity index (χ1v) is 7.72. The molecule has 0 saturated carbocycles. The van der Waals surface area contributed by atoms with E-state index in [2.05, 4.69) is 16.0 Å². The Morgan fingerprint density at radius 1 is 1.04 bits per heavy atom. The van der Waals surface area contributed by atoms with Crippen molar-refractivity contribution in [2.24, 2.45) is 0 Å². The lowest BCUT2D eigenvalue weighted by atomic mass is 10.2. The van der Waals surface area contributed by atoms with Crippen molar-refractivity contribution in [1.82, 2.24) is 20.6 Å². The van der Waals surface area contributed by atoms with E-state index in [0.717, 1.165) is 6.20 Å². The molecule has 0 fully saturated rings. The second-order valence-corrected chi connectivity index (χ2v) is 5.57. The summed E-state index contributed by atoms with van der Waals surface area (Å²) in [6, 6.07) is 13.3. The maximum atomic E-state index is 12.1. The maximum absolute atomic E-state index is 12.1. The Labute approximate surface area is 147 Å². The van der Waals surface area contributed by atoms with Crippen LogP contribution in [0.1, 0.15) is 10.4 Å². The summed E-state index contributed by atoms with van der Waals surface area (Å²) in [4.78, 5) is 35.8. The van der Waals surface area contributed by atoms with Gasteiger partial charge in [-0.2, -0.15) is 5.10 Å². The highest BCUT2D eigenvalue weighted by atomic mass is 35.5. The molecule has 2 aromatic carbocycles. The third kappa shape index (κ3) is 3.67. The quantitative estimate of drug-likeness (QED) is 0.696. The monoisotopic (exact) mass is 356 g/mol. The van der Waals surface area contributed by atoms with E-state index in [1.54, 1.807) is 48.5 Å². The fraction of sp³-hybridized carbons (Fsp3) is 0.0588. The van der Waals surface area contributed by atoms with Gasteiger partial charge in [0.05, 0.1) is 22.3 Å². The minimum atomic E-state index is -0.531. The van der Waals surface area contributed by atoms with Crippen LogP contribution in [-0.2, 0) is 11.3 Å². The number of hydrogen-bond donors (Lipinski definition) is 2. The third-order valence-corrected chi connectivity index (χ3v) is 3.82. The number of nitrogens with zero attached hydrogens (tertiary/aromatic N) is 2. The number of carbonyl (C=O) groups excluding carboxylic acids is 2. The van der Waals surface area contributed by atoms with Gasteiger partial charge in [0.15, 0.2) is 0 Å². The fourth-order valence-corrected chi connectivity index (χ4v) is 2.52. The number of benzene rings is 2. The second kappa shape index (κ2) is 7.14. The van der Waals surface area contributed by atoms with Crippen molar-refractivity contribution >= 4 is 34.3 Å². The Kier molecular flexibility index (Phi) is 4.76. The van der Waals surface area contributed by atoms with Crippen molar-refractivity contribution in [2.45, 2.75) is 6.54 Å². The van der Waals surface area contributed by atoms with Gasteiger partial charge in [0.25, 0.3) is 11.8 Å². The molecule has 3 aromatic rings. The van der Waals surface area contributed by atoms with E-state index in [-0.39, 0.29) is 22.6 Å². The molecule has 0 unspecified atom stereocenters. The smallest absolute Gasteiger partial charge is 0.271 e. The number of nitrogens with one attached hydrogen (secondary N) is 2. The van der Waals surface area contributed by atoms with Crippen LogP contribution >= 0.6 is 11.6 Å². The molecule has 7 nitrogen and oxygen atoms in total. The number of carbonyl (C=O) groups is 2. The van der Waals surface area contributed by atoms with Crippen LogP contribution < -0.4 is 16.3 Å². The molecule has 1 heterocycles. The molecule has 0 aliphatic rings. The van der Waals surface area contributed by atoms with Gasteiger partial charge in [0.2, 0.25) is 5.43 Å². The zero-order valence-electron chi connectivity index (χ0n) is 12.9. The van der Waals surface area contributed by atoms with Crippen molar-refractivity contribution in [3.8, 4) is 0 Å². The van der Waals surface area contributed by atoms with Crippen LogP contribution in [0, 0.1) is 0 Å². The molecule has 0 bridgehead atoms. The van der Waals surface area contributed by atoms with Crippen molar-refractivity contribution in [3.05, 3.63) is 75.5 Å². The van der Waals surface area contributed by atoms with Crippen molar-refractivity contribution in [2.75, 3.05) is 0 Å². The lowest BCUT2D eigenvalue weighted by Gasteiger charge is -2.11. The van der Waals surface area contributed by atoms with Gasteiger partial charge in [-0.25, -0.2) is 0 Å². The number of aromatic nitrogens is 2. The molecule has 0 atom stereocenters. The minimum absolute atomic E-state index is 0.163. The number of hydrazine groups is 1. The van der Waals surface area contributed by atoms with Crippen molar-refractivity contribution in [1.29, 1.82) is 0 Å². The minimum Gasteiger partial charge on any atom is -0.287 e. The van der Waals surface area contributed by atoms with E-state index >= 15 is 0 Å². The predicted octanol–water partition coefficient (Wildman–Crippen LogP) is 1.51. The zero-order valence-corrected chi connectivity index (χ0v) is 13.7. The molecule has 1 aromatic heterocycles. The van der Waals surface area contributed by atoms with E-state index in [0.29, 0.717) is 10.9 Å². The number of hydrogen-bond acceptors (Lipinski definition) is 4. The largest absolute Gasteiger partial charge is 0.287 e. The number of halogens is 1. The van der Waals surface area contributed by atoms with E-state index < -0.39 is 11.8 Å². The Morgan fingerprint density at radius 2 is 1.76 bits per heavy atom. The van der Waals surface area contributed by atoms with Crippen LogP contribution in [-0.4, -0.2) is 21.6 Å². The molecule has 8 heteroatoms. The van der Waals surface area contributed by atoms with E-state index in [9.17, 15) is 14.4 Å². The molecule has 0 spiro atoms. The summed E-state index contributed by atoms with van der Waals surface area (Å²) in [5, 5.41) is 4.70. The van der Waals surface area contributed by atoms with Gasteiger partial charge < -0.3 is 0 Å². The third-order valence-electron chi connectivity index (χ3n) is 3.49. The first-order chi connectivity index (χ1) is 12.1. The summed E-state index contributed by atoms with van der Waals surface area (Å²) < 4.78 is 1.38. The molecule has 25 heavy (non-hydrogen) atoms. The van der Waals surface area contributed by atoms with E-state index in [1.165, 1.54) is 4.68 Å². The predicted molar refractivity (Wildman–Crippen MR) is 93.1 cm³/mol. The lowest BCUT2D eigenvalue weighted by molar-refractivity contribution is -0.122. The van der Waals surface area contributed by atoms with Gasteiger partial charge in [-0.3, -0.25) is 29.9 Å². The van der Waals surface area contributed by atoms with Crippen molar-refractivity contribution < 1.29 is 9.59 Å². The van der Waals surface area contributed by atoms with Crippen LogP contribution in [0.5, 0.6) is 0 Å². The van der Waals surface area contributed by atoms with Crippen LogP contribution in [0.3, 0.4) is 0 Å². The van der Waals surface area contributed by atoms with E-state index in [1.807, 2.05) is 0 Å². The second-order valence-electron chi connectivity index (χ2n) is 5.17. The Hall–Kier alpha value is -3.19. The van der Waals surface area contributed by atoms with Gasteiger partial charge in [0.1, 0.15) is 6.54 Å². The summed E-state index contributed by atoms with van der Waals surface area (Å²) in [6.45, 7) is -0.163. The average molecular weight is 357 g/mol. The van der Waals surface area contributed by atoms with E-state index in [4.69, 9.17) is 11.6 Å². The number of fused-ring (bicyclic) bond motifs is 1. The molecular formula is C17H13ClN4O3. The van der Waals surface area contributed by atoms with Gasteiger partial charge in [0, 0.05) is 5.39 Å². The number of rotatable bonds is 3. The van der Waals surface area contributed by atoms with Crippen LogP contribution in [0.25, 0.3) is 10.9 Å². The maximum Gasteiger partial charge on any atom is 0.271 e. The molecular weight excluding hydrogens is 344 g/mol. The Morgan fingerprint density at radius 3 is 2.56 bits per heavy atom. The van der Waals surface area contributed by atoms with Gasteiger partial charge in [-0.15, -0.1) is 0 Å². The molecule has 2 amide bonds. The molecule has 0 aliphatic carbocycles. The van der Waals surface area contributed by atoms with Crippen LogP contribution in [0.2, 0.25) is 5.02 Å². The highest BCUT2D eigenvalue weighted by molar-refractivity contribution is 6.33. The standard InChI is InChI=1S/C17H13ClN4O3/c18-13-7-3-1-5-11(13)17(25)21-20-16(24)10-22-14-8-4-2-6-12(14)15(23)9-19-22/h1-9H,10H2,(H,20,24)(H,21,25). The first kappa shape index (κ1) is 16.7. The normalized spacial score (nSPS) is 10.4. The van der Waals surface area contributed by atoms with Crippen molar-refractivity contribution in [3.63, 3.8) is 0 Å². The topological polar surface area (TPSA) is 93.1 Å². The SMILES string of the molecule is O=C(Cn1ncc(=O)c2ccccc21)NNC(=O)c1ccccc1Cl. The molecule has 0 radical (unpaired) electrons. The Balaban J connectivity index is 1.70. The lowest BCUT2D eigenvalue weighted by Crippen LogP contribution is -2.43. The summed E-state index contributed by atoms with van der Waals surface area (Å²) in [6.07, 6.45) is 1.15. The number of amides is 2. The Bertz CT molecular complexity index is 1020. The van der Waals surface area contributed by atoms with Crippen LogP contribution in [0.4, 0.5) is 0 Å². The van der Waals surface area contributed by atoms with Crippen LogP contribution in [0.15, 0.2) is 59.5 Å². The first-order valence-electron chi connectivity index (χ1n) is 7.35. The summed E-state index contributed by atoms with van der Waals surface area (Å²) in [7, 11) is 0. The summed E-state index contributed by atoms with van der Waals surface area (Å²) >= 11 is 5.93. The highest BCUT2D eigenvalue weighted by Gasteiger charge is 2.12. The molecule has 3 rings (SSSR count). The highest BCUT2D eigenvalue weighted by Crippen LogP contribution is 2.14. The summed E-state index contributed by atoms with van der Waals surface area (Å²) in [5.41, 5.74) is 5.15. The zero-order chi connectivity index (χ0) is 17.8. The van der Waals surface area contributed by atoms with Gasteiger partial charge >= 0.3 is 0 Å². The summed E-state index contributed by atoms with van der Waals surface area (Å²) in [5.74, 6) is -1.03. The molecule has 126 valence electrons. The molecule has 2 N–H and O–H groups in total. The van der Waals surface area contributed by atoms with Gasteiger partial charge in [-0.05, 0) is 24.3 Å². The molecule has 0 saturated heterocycles. The average Bonchev–Trinajstić information content (AvgIpc) is 2.63. The molecule has 0 aliphatic heterocycles. The fourth-order valence-electron chi connectivity index (χ4n) is 2.30. The van der Waals surface area contributed by atoms with Gasteiger partial charge in [-0.1, -0.05) is 35.9 Å². The number of para-hydroxylation sites is 1.